The van der Waals surface area contributed by atoms with Crippen molar-refractivity contribution in [1.82, 2.24) is 9.97 Å². The minimum absolute atomic E-state index is 0.177. The zero-order valence-electron chi connectivity index (χ0n) is 11.0. The van der Waals surface area contributed by atoms with Gasteiger partial charge in [-0.05, 0) is 24.6 Å². The lowest BCUT2D eigenvalue weighted by Crippen LogP contribution is -2.36. The molecule has 5 heteroatoms. The molecule has 0 amide bonds. The van der Waals surface area contributed by atoms with Crippen molar-refractivity contribution in [3.8, 4) is 11.1 Å². The van der Waals surface area contributed by atoms with E-state index < -0.39 is 0 Å². The topological polar surface area (TPSA) is 55.0 Å². The lowest BCUT2D eigenvalue weighted by molar-refractivity contribution is 0.628. The number of nitrogens with two attached hydrogens (primary N) is 1. The zero-order valence-corrected chi connectivity index (χ0v) is 11.0. The SMILES string of the molecule is CC(CN)N(C)c1ncc(-c2ccc(F)cc2)cn1. The smallest absolute Gasteiger partial charge is 0.225 e. The summed E-state index contributed by atoms with van der Waals surface area (Å²) in [4.78, 5) is 10.5. The molecule has 1 unspecified atom stereocenters. The van der Waals surface area contributed by atoms with Crippen LogP contribution in [0.4, 0.5) is 10.3 Å². The van der Waals surface area contributed by atoms with Crippen LogP contribution in [0.5, 0.6) is 0 Å². The normalized spacial score (nSPS) is 12.2. The predicted octanol–water partition coefficient (Wildman–Crippen LogP) is 2.07. The lowest BCUT2D eigenvalue weighted by atomic mass is 10.1. The van der Waals surface area contributed by atoms with Crippen LogP contribution in [0.2, 0.25) is 0 Å². The Morgan fingerprint density at radius 3 is 2.26 bits per heavy atom. The third-order valence-electron chi connectivity index (χ3n) is 3.13. The number of hydrogen-bond donors (Lipinski definition) is 1. The Kier molecular flexibility index (Phi) is 4.06. The summed E-state index contributed by atoms with van der Waals surface area (Å²) < 4.78 is 12.9. The molecule has 2 N–H and O–H groups in total. The van der Waals surface area contributed by atoms with E-state index in [0.29, 0.717) is 12.5 Å². The molecule has 0 saturated carbocycles. The minimum atomic E-state index is -0.252. The monoisotopic (exact) mass is 260 g/mol. The molecule has 100 valence electrons. The Morgan fingerprint density at radius 2 is 1.74 bits per heavy atom. The number of rotatable bonds is 4. The van der Waals surface area contributed by atoms with Crippen LogP contribution >= 0.6 is 0 Å². The van der Waals surface area contributed by atoms with E-state index in [1.807, 2.05) is 18.9 Å². The Labute approximate surface area is 112 Å². The number of halogens is 1. The fourth-order valence-electron chi connectivity index (χ4n) is 1.65. The molecule has 1 aromatic carbocycles. The molecule has 1 aromatic heterocycles. The number of benzene rings is 1. The Balaban J connectivity index is 2.21. The summed E-state index contributed by atoms with van der Waals surface area (Å²) in [7, 11) is 1.91. The quantitative estimate of drug-likeness (QED) is 0.914. The molecule has 19 heavy (non-hydrogen) atoms. The molecule has 0 aliphatic heterocycles. The maximum absolute atomic E-state index is 12.9. The molecule has 4 nitrogen and oxygen atoms in total. The maximum atomic E-state index is 12.9. The summed E-state index contributed by atoms with van der Waals surface area (Å²) in [6.07, 6.45) is 3.46. The summed E-state index contributed by atoms with van der Waals surface area (Å²) in [5.74, 6) is 0.376. The first kappa shape index (κ1) is 13.4. The van der Waals surface area contributed by atoms with Crippen LogP contribution in [0.25, 0.3) is 11.1 Å². The average Bonchev–Trinajstić information content (AvgIpc) is 2.46. The molecule has 0 fully saturated rings. The van der Waals surface area contributed by atoms with Gasteiger partial charge in [-0.2, -0.15) is 0 Å². The summed E-state index contributed by atoms with van der Waals surface area (Å²) >= 11 is 0. The molecule has 0 aliphatic carbocycles. The van der Waals surface area contributed by atoms with Crippen molar-refractivity contribution < 1.29 is 4.39 Å². The highest BCUT2D eigenvalue weighted by atomic mass is 19.1. The highest BCUT2D eigenvalue weighted by Crippen LogP contribution is 2.19. The number of hydrogen-bond acceptors (Lipinski definition) is 4. The van der Waals surface area contributed by atoms with Crippen molar-refractivity contribution in [3.63, 3.8) is 0 Å². The highest BCUT2D eigenvalue weighted by Gasteiger charge is 2.10. The van der Waals surface area contributed by atoms with Crippen LogP contribution in [0, 0.1) is 5.82 Å². The van der Waals surface area contributed by atoms with E-state index in [4.69, 9.17) is 5.73 Å². The molecule has 0 bridgehead atoms. The Hall–Kier alpha value is -2.01. The van der Waals surface area contributed by atoms with Crippen molar-refractivity contribution in [2.75, 3.05) is 18.5 Å². The van der Waals surface area contributed by atoms with Gasteiger partial charge in [-0.25, -0.2) is 14.4 Å². The summed E-state index contributed by atoms with van der Waals surface area (Å²) in [6, 6.07) is 6.44. The van der Waals surface area contributed by atoms with Crippen LogP contribution in [-0.2, 0) is 0 Å². The number of nitrogens with zero attached hydrogens (tertiary/aromatic N) is 3. The van der Waals surface area contributed by atoms with E-state index in [2.05, 4.69) is 9.97 Å². The molecule has 0 radical (unpaired) electrons. The molecular weight excluding hydrogens is 243 g/mol. The van der Waals surface area contributed by atoms with Crippen molar-refractivity contribution >= 4 is 5.95 Å². The molecule has 0 saturated heterocycles. The van der Waals surface area contributed by atoms with Crippen LogP contribution in [0.3, 0.4) is 0 Å². The number of anilines is 1. The van der Waals surface area contributed by atoms with Crippen molar-refractivity contribution in [3.05, 3.63) is 42.5 Å². The van der Waals surface area contributed by atoms with Gasteiger partial charge in [0.1, 0.15) is 5.82 Å². The van der Waals surface area contributed by atoms with Gasteiger partial charge >= 0.3 is 0 Å². The Morgan fingerprint density at radius 1 is 1.16 bits per heavy atom. The number of likely N-dealkylation sites (N-methyl/N-ethyl adjacent to an activating group) is 1. The van der Waals surface area contributed by atoms with Gasteiger partial charge in [0.05, 0.1) is 0 Å². The van der Waals surface area contributed by atoms with Gasteiger partial charge in [-0.15, -0.1) is 0 Å². The van der Waals surface area contributed by atoms with Crippen LogP contribution in [0.15, 0.2) is 36.7 Å². The number of aromatic nitrogens is 2. The van der Waals surface area contributed by atoms with Crippen LogP contribution in [0.1, 0.15) is 6.92 Å². The second-order valence-electron chi connectivity index (χ2n) is 4.47. The van der Waals surface area contributed by atoms with Crippen molar-refractivity contribution in [1.29, 1.82) is 0 Å². The van der Waals surface area contributed by atoms with Gasteiger partial charge in [0.15, 0.2) is 0 Å². The standard InChI is InChI=1S/C14H17FN4/c1-10(7-16)19(2)14-17-8-12(9-18-14)11-3-5-13(15)6-4-11/h3-6,8-10H,7,16H2,1-2H3. The third-order valence-corrected chi connectivity index (χ3v) is 3.13. The fourth-order valence-corrected chi connectivity index (χ4v) is 1.65. The lowest BCUT2D eigenvalue weighted by Gasteiger charge is -2.23. The van der Waals surface area contributed by atoms with Crippen molar-refractivity contribution in [2.45, 2.75) is 13.0 Å². The summed E-state index contributed by atoms with van der Waals surface area (Å²) in [6.45, 7) is 2.55. The second kappa shape index (κ2) is 5.75. The molecular formula is C14H17FN4. The van der Waals surface area contributed by atoms with Crippen LogP contribution < -0.4 is 10.6 Å². The van der Waals surface area contributed by atoms with Gasteiger partial charge in [0.25, 0.3) is 0 Å². The minimum Gasteiger partial charge on any atom is -0.340 e. The van der Waals surface area contributed by atoms with Gasteiger partial charge in [-0.1, -0.05) is 12.1 Å². The van der Waals surface area contributed by atoms with Gasteiger partial charge in [0, 0.05) is 37.6 Å². The highest BCUT2D eigenvalue weighted by molar-refractivity contribution is 5.61. The van der Waals surface area contributed by atoms with E-state index in [-0.39, 0.29) is 11.9 Å². The predicted molar refractivity (Wildman–Crippen MR) is 74.3 cm³/mol. The first-order valence-electron chi connectivity index (χ1n) is 6.12. The van der Waals surface area contributed by atoms with E-state index in [1.165, 1.54) is 12.1 Å². The Bertz CT molecular complexity index is 524. The molecule has 1 atom stereocenters. The van der Waals surface area contributed by atoms with E-state index in [9.17, 15) is 4.39 Å². The average molecular weight is 260 g/mol. The van der Waals surface area contributed by atoms with Crippen molar-refractivity contribution in [2.24, 2.45) is 5.73 Å². The van der Waals surface area contributed by atoms with E-state index in [1.54, 1.807) is 24.5 Å². The summed E-state index contributed by atoms with van der Waals surface area (Å²) in [5.41, 5.74) is 7.36. The van der Waals surface area contributed by atoms with E-state index in [0.717, 1.165) is 11.1 Å². The van der Waals surface area contributed by atoms with Crippen LogP contribution in [-0.4, -0.2) is 29.6 Å². The molecule has 2 rings (SSSR count). The fraction of sp³-hybridized carbons (Fsp3) is 0.286. The second-order valence-corrected chi connectivity index (χ2v) is 4.47. The van der Waals surface area contributed by atoms with E-state index >= 15 is 0 Å². The first-order chi connectivity index (χ1) is 9.11. The van der Waals surface area contributed by atoms with Gasteiger partial charge < -0.3 is 10.6 Å². The molecule has 0 spiro atoms. The zero-order chi connectivity index (χ0) is 13.8. The maximum Gasteiger partial charge on any atom is 0.225 e. The van der Waals surface area contributed by atoms with Gasteiger partial charge in [0.2, 0.25) is 5.95 Å². The van der Waals surface area contributed by atoms with Gasteiger partial charge in [-0.3, -0.25) is 0 Å². The molecule has 0 aliphatic rings. The largest absolute Gasteiger partial charge is 0.340 e. The molecule has 1 heterocycles. The summed E-state index contributed by atoms with van der Waals surface area (Å²) in [5, 5.41) is 0. The third kappa shape index (κ3) is 3.06. The molecule has 2 aromatic rings. The first-order valence-corrected chi connectivity index (χ1v) is 6.12.